The molecule has 0 bridgehead atoms. The van der Waals surface area contributed by atoms with Crippen LogP contribution in [0.25, 0.3) is 0 Å². The minimum absolute atomic E-state index is 0.422. The van der Waals surface area contributed by atoms with Gasteiger partial charge in [-0.25, -0.2) is 0 Å². The Morgan fingerprint density at radius 3 is 3.08 bits per heavy atom. The van der Waals surface area contributed by atoms with Crippen molar-refractivity contribution in [3.63, 3.8) is 0 Å². The van der Waals surface area contributed by atoms with Gasteiger partial charge in [0.25, 0.3) is 0 Å². The Kier molecular flexibility index (Phi) is 5.13. The van der Waals surface area contributed by atoms with Gasteiger partial charge >= 0.3 is 0 Å². The minimum atomic E-state index is 0.422. The van der Waals surface area contributed by atoms with Gasteiger partial charge in [0, 0.05) is 18.5 Å². The van der Waals surface area contributed by atoms with Crippen molar-refractivity contribution in [3.05, 3.63) is 34.5 Å². The van der Waals surface area contributed by atoms with Crippen LogP contribution in [0.2, 0.25) is 0 Å². The van der Waals surface area contributed by atoms with Gasteiger partial charge in [-0.1, -0.05) is 12.2 Å². The molecule has 0 fully saturated rings. The summed E-state index contributed by atoms with van der Waals surface area (Å²) in [5.41, 5.74) is 1.35. The highest BCUT2D eigenvalue weighted by Gasteiger charge is 2.02. The number of allylic oxidation sites excluding steroid dienone is 1. The molecular formula is C10H14ClNS. The number of hydrogen-bond acceptors (Lipinski definition) is 2. The zero-order chi connectivity index (χ0) is 9.52. The molecular weight excluding hydrogens is 202 g/mol. The lowest BCUT2D eigenvalue weighted by Crippen LogP contribution is -2.17. The van der Waals surface area contributed by atoms with Crippen molar-refractivity contribution in [2.24, 2.45) is 0 Å². The van der Waals surface area contributed by atoms with Gasteiger partial charge < -0.3 is 5.32 Å². The second kappa shape index (κ2) is 6.19. The van der Waals surface area contributed by atoms with E-state index in [1.807, 2.05) is 6.08 Å². The number of halogens is 1. The summed E-state index contributed by atoms with van der Waals surface area (Å²) in [7, 11) is 0. The van der Waals surface area contributed by atoms with Gasteiger partial charge in [0.1, 0.15) is 0 Å². The second-order valence-corrected chi connectivity index (χ2v) is 3.90. The van der Waals surface area contributed by atoms with Gasteiger partial charge in [-0.15, -0.1) is 11.6 Å². The van der Waals surface area contributed by atoms with Crippen molar-refractivity contribution in [2.75, 3.05) is 12.4 Å². The van der Waals surface area contributed by atoms with Crippen LogP contribution in [-0.2, 0) is 0 Å². The zero-order valence-electron chi connectivity index (χ0n) is 7.66. The first-order valence-corrected chi connectivity index (χ1v) is 5.78. The molecule has 1 heterocycles. The summed E-state index contributed by atoms with van der Waals surface area (Å²) in [5, 5.41) is 7.65. The van der Waals surface area contributed by atoms with E-state index in [4.69, 9.17) is 11.6 Å². The number of alkyl halides is 1. The van der Waals surface area contributed by atoms with E-state index in [2.05, 4.69) is 35.1 Å². The fraction of sp³-hybridized carbons (Fsp3) is 0.400. The van der Waals surface area contributed by atoms with Crippen LogP contribution < -0.4 is 5.32 Å². The average Bonchev–Trinajstić information content (AvgIpc) is 2.65. The van der Waals surface area contributed by atoms with Crippen LogP contribution in [0.1, 0.15) is 18.5 Å². The third-order valence-corrected chi connectivity index (χ3v) is 2.72. The Hall–Kier alpha value is -0.310. The lowest BCUT2D eigenvalue weighted by Gasteiger charge is -2.09. The molecule has 0 saturated carbocycles. The second-order valence-electron chi connectivity index (χ2n) is 2.81. The molecule has 0 radical (unpaired) electrons. The van der Waals surface area contributed by atoms with Crippen molar-refractivity contribution in [3.8, 4) is 0 Å². The molecule has 72 valence electrons. The molecule has 1 aromatic rings. The Labute approximate surface area is 88.4 Å². The van der Waals surface area contributed by atoms with Crippen molar-refractivity contribution >= 4 is 22.9 Å². The molecule has 1 N–H and O–H groups in total. The molecule has 0 aliphatic rings. The maximum atomic E-state index is 5.50. The monoisotopic (exact) mass is 215 g/mol. The maximum absolute atomic E-state index is 5.50. The van der Waals surface area contributed by atoms with Crippen LogP contribution in [0.5, 0.6) is 0 Å². The molecule has 0 aromatic carbocycles. The quantitative estimate of drug-likeness (QED) is 0.588. The summed E-state index contributed by atoms with van der Waals surface area (Å²) in [6, 6.07) is 2.57. The minimum Gasteiger partial charge on any atom is -0.307 e. The third-order valence-electron chi connectivity index (χ3n) is 1.84. The number of thiophene rings is 1. The Balaban J connectivity index is 2.26. The van der Waals surface area contributed by atoms with Gasteiger partial charge in [0.15, 0.2) is 0 Å². The van der Waals surface area contributed by atoms with E-state index < -0.39 is 0 Å². The van der Waals surface area contributed by atoms with Crippen LogP contribution in [-0.4, -0.2) is 12.4 Å². The summed E-state index contributed by atoms with van der Waals surface area (Å²) < 4.78 is 0. The molecule has 1 aromatic heterocycles. The first-order valence-electron chi connectivity index (χ1n) is 4.31. The Morgan fingerprint density at radius 1 is 1.62 bits per heavy atom. The predicted molar refractivity (Wildman–Crippen MR) is 60.6 cm³/mol. The number of nitrogens with one attached hydrogen (secondary N) is 1. The van der Waals surface area contributed by atoms with E-state index in [0.717, 1.165) is 6.54 Å². The average molecular weight is 216 g/mol. The molecule has 0 aliphatic heterocycles. The van der Waals surface area contributed by atoms with Crippen molar-refractivity contribution < 1.29 is 0 Å². The van der Waals surface area contributed by atoms with E-state index in [-0.39, 0.29) is 0 Å². The molecule has 1 atom stereocenters. The highest BCUT2D eigenvalue weighted by Crippen LogP contribution is 2.14. The van der Waals surface area contributed by atoms with Crippen LogP contribution in [0.15, 0.2) is 29.0 Å². The van der Waals surface area contributed by atoms with Gasteiger partial charge in [-0.05, 0) is 29.3 Å². The van der Waals surface area contributed by atoms with Crippen molar-refractivity contribution in [1.82, 2.24) is 5.32 Å². The maximum Gasteiger partial charge on any atom is 0.0404 e. The van der Waals surface area contributed by atoms with E-state index in [1.54, 1.807) is 11.3 Å². The molecule has 1 unspecified atom stereocenters. The topological polar surface area (TPSA) is 12.0 Å². The summed E-state index contributed by atoms with van der Waals surface area (Å²) in [6.45, 7) is 3.04. The highest BCUT2D eigenvalue weighted by molar-refractivity contribution is 7.07. The Morgan fingerprint density at radius 2 is 2.46 bits per heavy atom. The van der Waals surface area contributed by atoms with Crippen molar-refractivity contribution in [1.29, 1.82) is 0 Å². The molecule has 0 saturated heterocycles. The fourth-order valence-corrected chi connectivity index (χ4v) is 1.91. The van der Waals surface area contributed by atoms with Gasteiger partial charge in [-0.3, -0.25) is 0 Å². The molecule has 13 heavy (non-hydrogen) atoms. The Bertz CT molecular complexity index is 243. The van der Waals surface area contributed by atoms with Crippen LogP contribution in [0, 0.1) is 0 Å². The lowest BCUT2D eigenvalue weighted by molar-refractivity contribution is 0.619. The number of rotatable bonds is 5. The molecule has 1 rings (SSSR count). The SMILES string of the molecule is CC(NC/C=C/CCl)c1ccsc1. The fourth-order valence-electron chi connectivity index (χ4n) is 1.03. The summed E-state index contributed by atoms with van der Waals surface area (Å²) in [6.07, 6.45) is 4.00. The normalized spacial score (nSPS) is 13.7. The first kappa shape index (κ1) is 10.8. The predicted octanol–water partition coefficient (Wildman–Crippen LogP) is 3.19. The summed E-state index contributed by atoms with van der Waals surface area (Å²) in [5.74, 6) is 0.592. The van der Waals surface area contributed by atoms with Crippen LogP contribution in [0.3, 0.4) is 0 Å². The highest BCUT2D eigenvalue weighted by atomic mass is 35.5. The standard InChI is InChI=1S/C10H14ClNS/c1-9(10-4-7-13-8-10)12-6-3-2-5-11/h2-4,7-9,12H,5-6H2,1H3/b3-2+. The molecule has 0 spiro atoms. The largest absolute Gasteiger partial charge is 0.307 e. The van der Waals surface area contributed by atoms with E-state index in [1.165, 1.54) is 5.56 Å². The number of hydrogen-bond donors (Lipinski definition) is 1. The summed E-state index contributed by atoms with van der Waals surface area (Å²) >= 11 is 7.24. The van der Waals surface area contributed by atoms with Gasteiger partial charge in [0.05, 0.1) is 0 Å². The molecule has 0 amide bonds. The molecule has 0 aliphatic carbocycles. The van der Waals surface area contributed by atoms with E-state index >= 15 is 0 Å². The van der Waals surface area contributed by atoms with Gasteiger partial charge in [-0.2, -0.15) is 11.3 Å². The van der Waals surface area contributed by atoms with Crippen LogP contribution >= 0.6 is 22.9 Å². The molecule has 1 nitrogen and oxygen atoms in total. The third kappa shape index (κ3) is 3.94. The van der Waals surface area contributed by atoms with E-state index in [0.29, 0.717) is 11.9 Å². The molecule has 3 heteroatoms. The smallest absolute Gasteiger partial charge is 0.0404 e. The lowest BCUT2D eigenvalue weighted by atomic mass is 10.2. The van der Waals surface area contributed by atoms with Crippen molar-refractivity contribution in [2.45, 2.75) is 13.0 Å². The van der Waals surface area contributed by atoms with E-state index in [9.17, 15) is 0 Å². The summed E-state index contributed by atoms with van der Waals surface area (Å²) in [4.78, 5) is 0. The first-order chi connectivity index (χ1) is 6.34. The zero-order valence-corrected chi connectivity index (χ0v) is 9.24. The van der Waals surface area contributed by atoms with Crippen LogP contribution in [0.4, 0.5) is 0 Å². The van der Waals surface area contributed by atoms with Gasteiger partial charge in [0.2, 0.25) is 0 Å².